The van der Waals surface area contributed by atoms with Crippen molar-refractivity contribution in [2.75, 3.05) is 13.7 Å². The summed E-state index contributed by atoms with van der Waals surface area (Å²) in [6, 6.07) is 15.2. The Kier molecular flexibility index (Phi) is 8.36. The van der Waals surface area contributed by atoms with Crippen LogP contribution < -0.4 is 25.2 Å². The van der Waals surface area contributed by atoms with Crippen LogP contribution in [0.1, 0.15) is 44.9 Å². The van der Waals surface area contributed by atoms with Crippen molar-refractivity contribution in [3.63, 3.8) is 0 Å². The summed E-state index contributed by atoms with van der Waals surface area (Å²) < 4.78 is 39.6. The molecule has 3 amide bonds. The summed E-state index contributed by atoms with van der Waals surface area (Å²) in [4.78, 5) is 47.6. The molecule has 4 aliphatic rings. The fourth-order valence-electron chi connectivity index (χ4n) is 6.73. The van der Waals surface area contributed by atoms with Gasteiger partial charge in [0, 0.05) is 35.4 Å². The van der Waals surface area contributed by atoms with Crippen molar-refractivity contribution in [1.29, 1.82) is 0 Å². The molecule has 3 heterocycles. The van der Waals surface area contributed by atoms with Gasteiger partial charge in [0.05, 0.1) is 36.2 Å². The number of rotatable bonds is 7. The number of nitrogens with two attached hydrogens (primary N) is 1. The first-order chi connectivity index (χ1) is 23.1. The zero-order valence-electron chi connectivity index (χ0n) is 26.6. The highest BCUT2D eigenvalue weighted by atomic mass is 32.2. The summed E-state index contributed by atoms with van der Waals surface area (Å²) in [6.07, 6.45) is 6.25. The minimum Gasteiger partial charge on any atom is -0.497 e. The highest BCUT2D eigenvalue weighted by molar-refractivity contribution is 7.91. The molecule has 1 saturated heterocycles. The van der Waals surface area contributed by atoms with Crippen LogP contribution in [0.5, 0.6) is 11.5 Å². The van der Waals surface area contributed by atoms with Gasteiger partial charge in [0.25, 0.3) is 5.91 Å². The molecule has 0 radical (unpaired) electrons. The number of fused-ring (bicyclic) bond motifs is 3. The fourth-order valence-corrected chi connectivity index (χ4v) is 8.10. The number of nitrogens with zero attached hydrogens (tertiary/aromatic N) is 2. The molecule has 1 aromatic heterocycles. The van der Waals surface area contributed by atoms with Gasteiger partial charge in [-0.1, -0.05) is 42.5 Å². The first kappa shape index (κ1) is 32.1. The number of hydrogen-bond donors (Lipinski definition) is 3. The number of sulfonamides is 1. The molecule has 0 spiro atoms. The molecule has 2 aliphatic carbocycles. The van der Waals surface area contributed by atoms with E-state index in [4.69, 9.17) is 20.2 Å². The van der Waals surface area contributed by atoms with E-state index in [9.17, 15) is 22.8 Å². The molecule has 0 bridgehead atoms. The summed E-state index contributed by atoms with van der Waals surface area (Å²) in [5.41, 5.74) is 7.16. The number of carbonyl (C=O) groups excluding carboxylic acids is 3. The third kappa shape index (κ3) is 6.24. The Hall–Kier alpha value is -4.49. The van der Waals surface area contributed by atoms with Gasteiger partial charge in [0.2, 0.25) is 21.8 Å². The Labute approximate surface area is 279 Å². The van der Waals surface area contributed by atoms with Crippen LogP contribution in [0, 0.1) is 5.92 Å². The molecular formula is C35H39N5O7S. The third-order valence-corrected chi connectivity index (χ3v) is 11.5. The van der Waals surface area contributed by atoms with E-state index in [1.807, 2.05) is 66.7 Å². The lowest BCUT2D eigenvalue weighted by molar-refractivity contribution is -0.140. The smallest absolute Gasteiger partial charge is 0.259 e. The predicted molar refractivity (Wildman–Crippen MR) is 178 cm³/mol. The Morgan fingerprint density at radius 2 is 1.90 bits per heavy atom. The molecule has 7 rings (SSSR count). The Bertz CT molecular complexity index is 1900. The minimum absolute atomic E-state index is 0.0994. The van der Waals surface area contributed by atoms with Gasteiger partial charge in [-0.2, -0.15) is 0 Å². The molecule has 2 saturated carbocycles. The lowest BCUT2D eigenvalue weighted by Crippen LogP contribution is -2.57. The summed E-state index contributed by atoms with van der Waals surface area (Å²) in [5.74, 6) is -0.878. The monoisotopic (exact) mass is 673 g/mol. The number of benzene rings is 2. The molecule has 13 heteroatoms. The fraction of sp³-hybridized carbons (Fsp3) is 0.429. The minimum atomic E-state index is -3.83. The maximum absolute atomic E-state index is 14.0. The van der Waals surface area contributed by atoms with Crippen molar-refractivity contribution in [2.24, 2.45) is 11.7 Å². The number of ether oxygens (including phenoxy) is 2. The number of carbonyl (C=O) groups is 3. The molecule has 2 aromatic carbocycles. The quantitative estimate of drug-likeness (QED) is 0.319. The Morgan fingerprint density at radius 1 is 1.10 bits per heavy atom. The average Bonchev–Trinajstić information content (AvgIpc) is 4.01. The highest BCUT2D eigenvalue weighted by Gasteiger charge is 2.62. The largest absolute Gasteiger partial charge is 0.497 e. The summed E-state index contributed by atoms with van der Waals surface area (Å²) in [7, 11) is -2.25. The zero-order chi connectivity index (χ0) is 33.6. The lowest BCUT2D eigenvalue weighted by atomic mass is 10.1. The molecular weight excluding hydrogens is 634 g/mol. The predicted octanol–water partition coefficient (Wildman–Crippen LogP) is 2.81. The average molecular weight is 674 g/mol. The van der Waals surface area contributed by atoms with Crippen molar-refractivity contribution in [3.8, 4) is 22.8 Å². The van der Waals surface area contributed by atoms with Gasteiger partial charge in [-0.05, 0) is 50.7 Å². The summed E-state index contributed by atoms with van der Waals surface area (Å²) >= 11 is 0. The molecule has 12 nitrogen and oxygen atoms in total. The standard InChI is InChI=1S/C35H39N5O7S/c1-46-23-12-15-26-29(16-23)37-28(21-8-4-2-5-9-21)18-31(26)47-24-17-30-32(41)38-35(34(43)39-48(44,45)25-13-14-25)19-22(35)10-6-3-7-11-27(36)33(42)40(30)20-24/h2,4-6,8-10,12,15-16,18,22,24-25,27,30H,3,7,11,13-14,17,19-20,36H2,1H3,(H,38,41)(H,39,43)/t22?,24-,27+,30+,35-/m1/s1. The van der Waals surface area contributed by atoms with E-state index >= 15 is 0 Å². The van der Waals surface area contributed by atoms with E-state index in [0.29, 0.717) is 54.8 Å². The van der Waals surface area contributed by atoms with Gasteiger partial charge < -0.3 is 25.4 Å². The number of methoxy groups -OCH3 is 1. The zero-order valence-corrected chi connectivity index (χ0v) is 27.4. The van der Waals surface area contributed by atoms with Crippen molar-refractivity contribution in [2.45, 2.75) is 73.9 Å². The normalized spacial score (nSPS) is 27.5. The van der Waals surface area contributed by atoms with E-state index in [1.165, 1.54) is 4.90 Å². The van der Waals surface area contributed by atoms with Gasteiger partial charge in [0.15, 0.2) is 0 Å². The Balaban J connectivity index is 1.19. The highest BCUT2D eigenvalue weighted by Crippen LogP contribution is 2.46. The van der Waals surface area contributed by atoms with Crippen molar-refractivity contribution >= 4 is 38.6 Å². The van der Waals surface area contributed by atoms with Gasteiger partial charge in [-0.15, -0.1) is 0 Å². The van der Waals surface area contributed by atoms with Crippen molar-refractivity contribution < 1.29 is 32.3 Å². The van der Waals surface area contributed by atoms with E-state index in [0.717, 1.165) is 10.9 Å². The van der Waals surface area contributed by atoms with Gasteiger partial charge in [-0.25, -0.2) is 13.4 Å². The van der Waals surface area contributed by atoms with Crippen LogP contribution >= 0.6 is 0 Å². The molecule has 3 aromatic rings. The molecule has 4 N–H and O–H groups in total. The summed E-state index contributed by atoms with van der Waals surface area (Å²) in [6.45, 7) is 0.0994. The molecule has 252 valence electrons. The van der Waals surface area contributed by atoms with Crippen LogP contribution in [0.2, 0.25) is 0 Å². The van der Waals surface area contributed by atoms with Gasteiger partial charge in [-0.3, -0.25) is 19.1 Å². The second kappa shape index (κ2) is 12.5. The van der Waals surface area contributed by atoms with E-state index in [-0.39, 0.29) is 31.2 Å². The maximum Gasteiger partial charge on any atom is 0.259 e. The molecule has 2 aliphatic heterocycles. The number of amides is 3. The number of nitrogens with one attached hydrogen (secondary N) is 2. The van der Waals surface area contributed by atoms with Crippen molar-refractivity contribution in [1.82, 2.24) is 19.9 Å². The number of pyridine rings is 1. The van der Waals surface area contributed by atoms with Gasteiger partial charge in [0.1, 0.15) is 29.2 Å². The molecule has 1 unspecified atom stereocenters. The van der Waals surface area contributed by atoms with Crippen LogP contribution in [-0.2, 0) is 24.4 Å². The maximum atomic E-state index is 14.0. The van der Waals surface area contributed by atoms with E-state index in [2.05, 4.69) is 10.0 Å². The van der Waals surface area contributed by atoms with Crippen LogP contribution in [0.3, 0.4) is 0 Å². The summed E-state index contributed by atoms with van der Waals surface area (Å²) in [5, 5.41) is 3.02. The molecule has 5 atom stereocenters. The number of hydrogen-bond acceptors (Lipinski definition) is 9. The van der Waals surface area contributed by atoms with Crippen LogP contribution in [0.4, 0.5) is 0 Å². The topological polar surface area (TPSA) is 170 Å². The first-order valence-electron chi connectivity index (χ1n) is 16.4. The third-order valence-electron chi connectivity index (χ3n) is 9.73. The number of aromatic nitrogens is 1. The Morgan fingerprint density at radius 3 is 2.65 bits per heavy atom. The first-order valence-corrected chi connectivity index (χ1v) is 17.9. The van der Waals surface area contributed by atoms with E-state index in [1.54, 1.807) is 7.11 Å². The van der Waals surface area contributed by atoms with Gasteiger partial charge >= 0.3 is 0 Å². The number of allylic oxidation sites excluding steroid dienone is 1. The van der Waals surface area contributed by atoms with Crippen molar-refractivity contribution in [3.05, 3.63) is 66.7 Å². The van der Waals surface area contributed by atoms with Crippen LogP contribution in [0.15, 0.2) is 66.7 Å². The van der Waals surface area contributed by atoms with Crippen LogP contribution in [-0.4, -0.2) is 78.7 Å². The molecule has 3 fully saturated rings. The second-order valence-corrected chi connectivity index (χ2v) is 15.1. The SMILES string of the molecule is COc1ccc2c(O[C@@H]3C[C@H]4C(=O)N[C@]5(C(=O)NS(=O)(=O)C6CC6)CC5C=CCCC[C@H](N)C(=O)N4C3)cc(-c3ccccc3)nc2c1. The van der Waals surface area contributed by atoms with Crippen LogP contribution in [0.25, 0.3) is 22.2 Å². The van der Waals surface area contributed by atoms with E-state index < -0.39 is 50.8 Å². The molecule has 48 heavy (non-hydrogen) atoms. The second-order valence-electron chi connectivity index (χ2n) is 13.1. The lowest BCUT2D eigenvalue weighted by Gasteiger charge is -2.28.